The third kappa shape index (κ3) is 3.35. The Morgan fingerprint density at radius 3 is 2.81 bits per heavy atom. The van der Waals surface area contributed by atoms with Gasteiger partial charge in [0.05, 0.1) is 16.3 Å². The van der Waals surface area contributed by atoms with Gasteiger partial charge in [0.1, 0.15) is 10.6 Å². The average molecular weight is 401 g/mol. The quantitative estimate of drug-likeness (QED) is 0.556. The maximum absolute atomic E-state index is 13.8. The Hall–Kier alpha value is -2.65. The fourth-order valence-electron chi connectivity index (χ4n) is 2.74. The van der Waals surface area contributed by atoms with Gasteiger partial charge in [-0.2, -0.15) is 5.10 Å². The molecule has 138 valence electrons. The highest BCUT2D eigenvalue weighted by atomic mass is 32.2. The summed E-state index contributed by atoms with van der Waals surface area (Å²) in [5.74, 6) is -0.686. The number of hydrogen-bond acceptors (Lipinski definition) is 5. The standard InChI is InChI=1S/C18H16FN5OS2/c1-10-12-9-15(26-17(12)24(3)22-10)16(25)21-13-8-11(19)4-5-14(13)27-18-20-6-7-23(18)2/h4-9H,1-3H3,(H,21,25). The molecule has 0 aliphatic rings. The van der Waals surface area contributed by atoms with Crippen molar-refractivity contribution in [3.05, 3.63) is 53.0 Å². The molecule has 4 rings (SSSR count). The van der Waals surface area contributed by atoms with Crippen LogP contribution in [0, 0.1) is 12.7 Å². The van der Waals surface area contributed by atoms with Crippen LogP contribution in [-0.2, 0) is 14.1 Å². The Balaban J connectivity index is 1.64. The molecular weight excluding hydrogens is 385 g/mol. The number of nitrogens with zero attached hydrogens (tertiary/aromatic N) is 4. The first kappa shape index (κ1) is 17.7. The Bertz CT molecular complexity index is 1130. The molecule has 3 heterocycles. The molecule has 0 aliphatic heterocycles. The van der Waals surface area contributed by atoms with Crippen molar-refractivity contribution in [2.75, 3.05) is 5.32 Å². The highest BCUT2D eigenvalue weighted by molar-refractivity contribution is 7.99. The number of aromatic nitrogens is 4. The minimum absolute atomic E-state index is 0.275. The van der Waals surface area contributed by atoms with Gasteiger partial charge in [-0.3, -0.25) is 9.48 Å². The molecule has 27 heavy (non-hydrogen) atoms. The van der Waals surface area contributed by atoms with Gasteiger partial charge in [0.2, 0.25) is 0 Å². The number of fused-ring (bicyclic) bond motifs is 1. The number of benzene rings is 1. The largest absolute Gasteiger partial charge is 0.329 e. The number of amides is 1. The van der Waals surface area contributed by atoms with E-state index in [0.29, 0.717) is 10.6 Å². The SMILES string of the molecule is Cc1nn(C)c2sc(C(=O)Nc3cc(F)ccc3Sc3nccn3C)cc12. The van der Waals surface area contributed by atoms with Crippen LogP contribution < -0.4 is 5.32 Å². The number of rotatable bonds is 4. The molecule has 9 heteroatoms. The number of hydrogen-bond donors (Lipinski definition) is 1. The number of carbonyl (C=O) groups is 1. The van der Waals surface area contributed by atoms with E-state index < -0.39 is 5.82 Å². The van der Waals surface area contributed by atoms with Crippen LogP contribution in [0.1, 0.15) is 15.4 Å². The van der Waals surface area contributed by atoms with Gasteiger partial charge in [0.15, 0.2) is 5.16 Å². The zero-order valence-electron chi connectivity index (χ0n) is 14.9. The highest BCUT2D eigenvalue weighted by Crippen LogP contribution is 2.34. The lowest BCUT2D eigenvalue weighted by Crippen LogP contribution is -2.11. The maximum atomic E-state index is 13.8. The molecule has 1 amide bonds. The molecule has 0 unspecified atom stereocenters. The monoisotopic (exact) mass is 401 g/mol. The minimum Gasteiger partial charge on any atom is -0.329 e. The van der Waals surface area contributed by atoms with Crippen molar-refractivity contribution in [3.63, 3.8) is 0 Å². The molecule has 1 aromatic carbocycles. The Morgan fingerprint density at radius 2 is 2.11 bits per heavy atom. The zero-order valence-corrected chi connectivity index (χ0v) is 16.5. The van der Waals surface area contributed by atoms with Gasteiger partial charge in [-0.25, -0.2) is 9.37 Å². The van der Waals surface area contributed by atoms with E-state index >= 15 is 0 Å². The van der Waals surface area contributed by atoms with Crippen LogP contribution in [0.4, 0.5) is 10.1 Å². The molecule has 4 aromatic rings. The lowest BCUT2D eigenvalue weighted by molar-refractivity contribution is 0.103. The van der Waals surface area contributed by atoms with Crippen LogP contribution in [-0.4, -0.2) is 25.2 Å². The Kier molecular flexibility index (Phi) is 4.48. The van der Waals surface area contributed by atoms with Crippen molar-refractivity contribution >= 4 is 44.9 Å². The summed E-state index contributed by atoms with van der Waals surface area (Å²) in [6, 6.07) is 6.16. The molecule has 0 saturated heterocycles. The smallest absolute Gasteiger partial charge is 0.265 e. The van der Waals surface area contributed by atoms with Crippen LogP contribution in [0.3, 0.4) is 0 Å². The van der Waals surface area contributed by atoms with Crippen molar-refractivity contribution < 1.29 is 9.18 Å². The van der Waals surface area contributed by atoms with Crippen molar-refractivity contribution in [1.29, 1.82) is 0 Å². The Labute approximate surface area is 163 Å². The molecule has 0 aliphatic carbocycles. The molecule has 1 N–H and O–H groups in total. The highest BCUT2D eigenvalue weighted by Gasteiger charge is 2.17. The van der Waals surface area contributed by atoms with E-state index in [1.807, 2.05) is 37.8 Å². The number of carbonyl (C=O) groups excluding carboxylic acids is 1. The molecule has 6 nitrogen and oxygen atoms in total. The summed E-state index contributed by atoms with van der Waals surface area (Å²) in [4.78, 5) is 19.2. The number of nitrogens with one attached hydrogen (secondary N) is 1. The number of aryl methyl sites for hydroxylation is 3. The van der Waals surface area contributed by atoms with Crippen LogP contribution >= 0.6 is 23.1 Å². The molecule has 0 atom stereocenters. The summed E-state index contributed by atoms with van der Waals surface area (Å²) >= 11 is 2.73. The normalized spacial score (nSPS) is 11.3. The number of imidazole rings is 1. The van der Waals surface area contributed by atoms with E-state index in [-0.39, 0.29) is 5.91 Å². The fraction of sp³-hybridized carbons (Fsp3) is 0.167. The number of halogens is 1. The third-order valence-electron chi connectivity index (χ3n) is 4.09. The predicted molar refractivity (Wildman–Crippen MR) is 105 cm³/mol. The van der Waals surface area contributed by atoms with Crippen LogP contribution in [0.15, 0.2) is 46.7 Å². The molecule has 0 spiro atoms. The van der Waals surface area contributed by atoms with Gasteiger partial charge in [-0.05, 0) is 43.0 Å². The van der Waals surface area contributed by atoms with E-state index in [1.165, 1.54) is 35.2 Å². The van der Waals surface area contributed by atoms with Crippen LogP contribution in [0.5, 0.6) is 0 Å². The topological polar surface area (TPSA) is 64.7 Å². The molecule has 3 aromatic heterocycles. The summed E-state index contributed by atoms with van der Waals surface area (Å²) in [7, 11) is 3.73. The number of thiophene rings is 1. The minimum atomic E-state index is -0.411. The third-order valence-corrected chi connectivity index (χ3v) is 6.44. The summed E-state index contributed by atoms with van der Waals surface area (Å²) in [6.07, 6.45) is 3.52. The zero-order chi connectivity index (χ0) is 19.1. The predicted octanol–water partition coefficient (Wildman–Crippen LogP) is 4.22. The van der Waals surface area contributed by atoms with E-state index in [0.717, 1.165) is 26.0 Å². The Morgan fingerprint density at radius 1 is 1.30 bits per heavy atom. The second-order valence-corrected chi connectivity index (χ2v) is 8.10. The summed E-state index contributed by atoms with van der Waals surface area (Å²) in [6.45, 7) is 1.91. The van der Waals surface area contributed by atoms with Gasteiger partial charge < -0.3 is 9.88 Å². The van der Waals surface area contributed by atoms with Gasteiger partial charge in [0.25, 0.3) is 5.91 Å². The van der Waals surface area contributed by atoms with Crippen molar-refractivity contribution in [1.82, 2.24) is 19.3 Å². The maximum Gasteiger partial charge on any atom is 0.265 e. The van der Waals surface area contributed by atoms with E-state index in [4.69, 9.17) is 0 Å². The summed E-state index contributed by atoms with van der Waals surface area (Å²) in [5.41, 5.74) is 1.29. The summed E-state index contributed by atoms with van der Waals surface area (Å²) in [5, 5.41) is 8.88. The first-order chi connectivity index (χ1) is 12.9. The molecule has 0 radical (unpaired) electrons. The van der Waals surface area contributed by atoms with Crippen LogP contribution in [0.25, 0.3) is 10.2 Å². The molecule has 0 bridgehead atoms. The summed E-state index contributed by atoms with van der Waals surface area (Å²) < 4.78 is 17.4. The van der Waals surface area contributed by atoms with Crippen molar-refractivity contribution in [2.24, 2.45) is 14.1 Å². The van der Waals surface area contributed by atoms with E-state index in [2.05, 4.69) is 15.4 Å². The fourth-order valence-corrected chi connectivity index (χ4v) is 4.63. The van der Waals surface area contributed by atoms with Gasteiger partial charge in [0, 0.05) is 36.8 Å². The van der Waals surface area contributed by atoms with E-state index in [1.54, 1.807) is 16.9 Å². The molecular formula is C18H16FN5OS2. The molecule has 0 fully saturated rings. The van der Waals surface area contributed by atoms with E-state index in [9.17, 15) is 9.18 Å². The van der Waals surface area contributed by atoms with Crippen LogP contribution in [0.2, 0.25) is 0 Å². The second kappa shape index (κ2) is 6.82. The van der Waals surface area contributed by atoms with Gasteiger partial charge >= 0.3 is 0 Å². The lowest BCUT2D eigenvalue weighted by Gasteiger charge is -2.10. The van der Waals surface area contributed by atoms with Crippen molar-refractivity contribution in [3.8, 4) is 0 Å². The van der Waals surface area contributed by atoms with Crippen molar-refractivity contribution in [2.45, 2.75) is 17.0 Å². The molecule has 0 saturated carbocycles. The first-order valence-electron chi connectivity index (χ1n) is 8.11. The van der Waals surface area contributed by atoms with Gasteiger partial charge in [-0.15, -0.1) is 11.3 Å². The van der Waals surface area contributed by atoms with Gasteiger partial charge in [-0.1, -0.05) is 0 Å². The number of anilines is 1. The second-order valence-electron chi connectivity index (χ2n) is 6.06. The lowest BCUT2D eigenvalue weighted by atomic mass is 10.3. The first-order valence-corrected chi connectivity index (χ1v) is 9.75. The average Bonchev–Trinajstić information content (AvgIpc) is 3.29.